The molecule has 6 heteroatoms. The zero-order valence-corrected chi connectivity index (χ0v) is 13.8. The Balaban J connectivity index is 1.89. The van der Waals surface area contributed by atoms with Crippen molar-refractivity contribution in [2.45, 2.75) is 38.9 Å². The second-order valence-corrected chi connectivity index (χ2v) is 7.43. The smallest absolute Gasteiger partial charge is 0.399 e. The quantitative estimate of drug-likeness (QED) is 0.778. The highest BCUT2D eigenvalue weighted by molar-refractivity contribution is 7.21. The van der Waals surface area contributed by atoms with E-state index in [-0.39, 0.29) is 0 Å². The first-order chi connectivity index (χ1) is 10.2. The highest BCUT2D eigenvalue weighted by Gasteiger charge is 2.52. The molecule has 0 atom stereocenters. The van der Waals surface area contributed by atoms with E-state index in [9.17, 15) is 8.78 Å². The average molecular weight is 322 g/mol. The Labute approximate surface area is 133 Å². The van der Waals surface area contributed by atoms with E-state index in [4.69, 9.17) is 9.31 Å². The zero-order chi connectivity index (χ0) is 16.1. The van der Waals surface area contributed by atoms with Crippen LogP contribution in [0.3, 0.4) is 0 Å². The predicted molar refractivity (Wildman–Crippen MR) is 85.4 cm³/mol. The van der Waals surface area contributed by atoms with Crippen LogP contribution < -0.4 is 4.78 Å². The van der Waals surface area contributed by atoms with Crippen LogP contribution in [-0.4, -0.2) is 18.3 Å². The SMILES string of the molecule is CC1(C)OB(c2cc(-c3cc(F)cc(F)c3)cs2)OC1(C)C. The van der Waals surface area contributed by atoms with Gasteiger partial charge < -0.3 is 9.31 Å². The minimum Gasteiger partial charge on any atom is -0.399 e. The van der Waals surface area contributed by atoms with E-state index in [1.54, 1.807) is 0 Å². The molecular weight excluding hydrogens is 305 g/mol. The van der Waals surface area contributed by atoms with Crippen LogP contribution in [0.5, 0.6) is 0 Å². The molecule has 1 fully saturated rings. The van der Waals surface area contributed by atoms with Gasteiger partial charge in [0.2, 0.25) is 0 Å². The highest BCUT2D eigenvalue weighted by Crippen LogP contribution is 2.37. The lowest BCUT2D eigenvalue weighted by atomic mass is 9.87. The van der Waals surface area contributed by atoms with Crippen molar-refractivity contribution in [3.63, 3.8) is 0 Å². The molecule has 2 heterocycles. The lowest BCUT2D eigenvalue weighted by molar-refractivity contribution is 0.00578. The first-order valence-corrected chi connectivity index (χ1v) is 7.96. The van der Waals surface area contributed by atoms with Gasteiger partial charge in [-0.1, -0.05) is 0 Å². The Kier molecular flexibility index (Phi) is 3.66. The van der Waals surface area contributed by atoms with Crippen molar-refractivity contribution < 1.29 is 18.1 Å². The van der Waals surface area contributed by atoms with Gasteiger partial charge in [0.25, 0.3) is 0 Å². The van der Waals surface area contributed by atoms with Crippen LogP contribution in [0, 0.1) is 11.6 Å². The normalized spacial score (nSPS) is 19.6. The van der Waals surface area contributed by atoms with Crippen molar-refractivity contribution >= 4 is 23.2 Å². The third kappa shape index (κ3) is 2.71. The molecule has 0 aliphatic carbocycles. The number of thiophene rings is 1. The topological polar surface area (TPSA) is 18.5 Å². The Morgan fingerprint density at radius 1 is 0.864 bits per heavy atom. The van der Waals surface area contributed by atoms with Gasteiger partial charge in [0.15, 0.2) is 0 Å². The molecule has 1 saturated heterocycles. The van der Waals surface area contributed by atoms with Gasteiger partial charge in [-0.3, -0.25) is 0 Å². The Hall–Kier alpha value is -1.24. The van der Waals surface area contributed by atoms with Crippen LogP contribution in [0.15, 0.2) is 29.6 Å². The molecule has 2 aromatic rings. The van der Waals surface area contributed by atoms with E-state index in [0.29, 0.717) is 5.56 Å². The summed E-state index contributed by atoms with van der Waals surface area (Å²) in [5.74, 6) is -1.17. The fourth-order valence-electron chi connectivity index (χ4n) is 2.31. The molecule has 0 N–H and O–H groups in total. The Morgan fingerprint density at radius 3 is 1.95 bits per heavy atom. The molecule has 3 rings (SSSR count). The van der Waals surface area contributed by atoms with Crippen LogP contribution in [0.25, 0.3) is 11.1 Å². The summed E-state index contributed by atoms with van der Waals surface area (Å²) in [6.45, 7) is 7.96. The molecule has 0 spiro atoms. The van der Waals surface area contributed by atoms with Gasteiger partial charge in [-0.2, -0.15) is 11.3 Å². The maximum Gasteiger partial charge on any atom is 0.505 e. The summed E-state index contributed by atoms with van der Waals surface area (Å²) in [6, 6.07) is 5.37. The second kappa shape index (κ2) is 5.15. The van der Waals surface area contributed by atoms with Crippen molar-refractivity contribution in [2.24, 2.45) is 0 Å². The van der Waals surface area contributed by atoms with Crippen molar-refractivity contribution in [1.82, 2.24) is 0 Å². The third-order valence-electron chi connectivity index (χ3n) is 4.30. The maximum atomic E-state index is 13.3. The maximum absolute atomic E-state index is 13.3. The summed E-state index contributed by atoms with van der Waals surface area (Å²) in [6.07, 6.45) is 0. The number of benzene rings is 1. The van der Waals surface area contributed by atoms with Gasteiger partial charge in [-0.25, -0.2) is 8.78 Å². The van der Waals surface area contributed by atoms with Crippen molar-refractivity contribution in [3.8, 4) is 11.1 Å². The largest absolute Gasteiger partial charge is 0.505 e. The number of hydrogen-bond acceptors (Lipinski definition) is 3. The van der Waals surface area contributed by atoms with Crippen molar-refractivity contribution in [1.29, 1.82) is 0 Å². The van der Waals surface area contributed by atoms with E-state index in [2.05, 4.69) is 0 Å². The average Bonchev–Trinajstić information content (AvgIpc) is 2.92. The van der Waals surface area contributed by atoms with Gasteiger partial charge >= 0.3 is 7.12 Å². The summed E-state index contributed by atoms with van der Waals surface area (Å²) in [7, 11) is -0.456. The summed E-state index contributed by atoms with van der Waals surface area (Å²) in [5, 5.41) is 1.86. The van der Waals surface area contributed by atoms with Crippen molar-refractivity contribution in [2.75, 3.05) is 0 Å². The molecule has 0 amide bonds. The minimum atomic E-state index is -0.585. The number of halogens is 2. The van der Waals surface area contributed by atoms with Crippen LogP contribution in [0.1, 0.15) is 27.7 Å². The first kappa shape index (κ1) is 15.7. The minimum absolute atomic E-state index is 0.410. The van der Waals surface area contributed by atoms with Crippen LogP contribution in [-0.2, 0) is 9.31 Å². The number of rotatable bonds is 2. The van der Waals surface area contributed by atoms with Gasteiger partial charge in [-0.05, 0) is 62.4 Å². The summed E-state index contributed by atoms with van der Waals surface area (Å²) in [5.41, 5.74) is 0.448. The summed E-state index contributed by atoms with van der Waals surface area (Å²) >= 11 is 1.46. The van der Waals surface area contributed by atoms with Crippen molar-refractivity contribution in [3.05, 3.63) is 41.3 Å². The van der Waals surface area contributed by atoms with E-state index in [1.165, 1.54) is 23.5 Å². The van der Waals surface area contributed by atoms with Gasteiger partial charge in [0.1, 0.15) is 11.6 Å². The summed E-state index contributed by atoms with van der Waals surface area (Å²) < 4.78 is 39.5. The predicted octanol–water partition coefficient (Wildman–Crippen LogP) is 3.99. The van der Waals surface area contributed by atoms with Crippen LogP contribution >= 0.6 is 11.3 Å². The zero-order valence-electron chi connectivity index (χ0n) is 12.9. The summed E-state index contributed by atoms with van der Waals surface area (Å²) in [4.78, 5) is 0. The first-order valence-electron chi connectivity index (χ1n) is 7.08. The Morgan fingerprint density at radius 2 is 1.41 bits per heavy atom. The molecule has 22 heavy (non-hydrogen) atoms. The molecule has 0 radical (unpaired) electrons. The fraction of sp³-hybridized carbons (Fsp3) is 0.375. The molecule has 116 valence electrons. The number of hydrogen-bond donors (Lipinski definition) is 0. The standard InChI is InChI=1S/C16H17BF2O2S/c1-15(2)16(3,4)21-17(20-15)14-7-11(9-22-14)10-5-12(18)8-13(19)6-10/h5-9H,1-4H3. The van der Waals surface area contributed by atoms with Crippen LogP contribution in [0.2, 0.25) is 0 Å². The molecular formula is C16H17BF2O2S. The van der Waals surface area contributed by atoms with Gasteiger partial charge in [-0.15, -0.1) is 0 Å². The van der Waals surface area contributed by atoms with Gasteiger partial charge in [0.05, 0.1) is 11.2 Å². The van der Waals surface area contributed by atoms with E-state index >= 15 is 0 Å². The fourth-order valence-corrected chi connectivity index (χ4v) is 3.18. The molecule has 0 bridgehead atoms. The molecule has 0 unspecified atom stereocenters. The molecule has 1 aromatic carbocycles. The van der Waals surface area contributed by atoms with Crippen LogP contribution in [0.4, 0.5) is 8.78 Å². The van der Waals surface area contributed by atoms with E-state index in [0.717, 1.165) is 16.4 Å². The van der Waals surface area contributed by atoms with E-state index in [1.807, 2.05) is 39.1 Å². The molecule has 2 nitrogen and oxygen atoms in total. The van der Waals surface area contributed by atoms with E-state index < -0.39 is 30.0 Å². The molecule has 0 saturated carbocycles. The third-order valence-corrected chi connectivity index (χ3v) is 5.26. The monoisotopic (exact) mass is 322 g/mol. The second-order valence-electron chi connectivity index (χ2n) is 6.48. The highest BCUT2D eigenvalue weighted by atomic mass is 32.1. The lowest BCUT2D eigenvalue weighted by Gasteiger charge is -2.32. The molecule has 1 aromatic heterocycles. The lowest BCUT2D eigenvalue weighted by Crippen LogP contribution is -2.41. The Bertz CT molecular complexity index is 676. The molecule has 1 aliphatic rings. The van der Waals surface area contributed by atoms with Gasteiger partial charge in [0, 0.05) is 10.8 Å². The molecule has 1 aliphatic heterocycles.